The first kappa shape index (κ1) is 26.7. The number of anilines is 1. The maximum Gasteiger partial charge on any atom is 0.314 e. The fraction of sp³-hybridized carbons (Fsp3) is 0.464. The first-order chi connectivity index (χ1) is 19.3. The molecular formula is C28H31N3O8S. The van der Waals surface area contributed by atoms with Gasteiger partial charge in [0.15, 0.2) is 0 Å². The van der Waals surface area contributed by atoms with Gasteiger partial charge >= 0.3 is 5.97 Å². The average molecular weight is 570 g/mol. The van der Waals surface area contributed by atoms with Gasteiger partial charge in [-0.3, -0.25) is 14.9 Å². The van der Waals surface area contributed by atoms with Crippen LogP contribution in [0.3, 0.4) is 0 Å². The summed E-state index contributed by atoms with van der Waals surface area (Å²) in [6.45, 7) is 1.81. The number of morpholine rings is 1. The number of hydrogen-bond donors (Lipinski definition) is 0. The molecule has 1 aliphatic carbocycles. The summed E-state index contributed by atoms with van der Waals surface area (Å²) >= 11 is 0. The van der Waals surface area contributed by atoms with E-state index < -0.39 is 14.9 Å². The van der Waals surface area contributed by atoms with Crippen LogP contribution in [0.25, 0.3) is 11.0 Å². The Labute approximate surface area is 231 Å². The van der Waals surface area contributed by atoms with Crippen molar-refractivity contribution < 1.29 is 32.0 Å². The molecule has 0 bridgehead atoms. The van der Waals surface area contributed by atoms with Crippen molar-refractivity contribution in [2.45, 2.75) is 43.4 Å². The lowest BCUT2D eigenvalue weighted by atomic mass is 9.95. The van der Waals surface area contributed by atoms with Crippen LogP contribution in [0.4, 0.5) is 11.4 Å². The maximum absolute atomic E-state index is 13.0. The zero-order valence-corrected chi connectivity index (χ0v) is 22.9. The third-order valence-corrected chi connectivity index (χ3v) is 9.96. The minimum atomic E-state index is -3.87. The molecular weight excluding hydrogens is 538 g/mol. The number of nitro benzene ring substituents is 1. The monoisotopic (exact) mass is 569 g/mol. The van der Waals surface area contributed by atoms with Crippen molar-refractivity contribution in [2.24, 2.45) is 5.92 Å². The molecule has 0 atom stereocenters. The molecule has 0 spiro atoms. The van der Waals surface area contributed by atoms with E-state index in [0.29, 0.717) is 37.4 Å². The van der Waals surface area contributed by atoms with Crippen LogP contribution in [0.5, 0.6) is 5.75 Å². The standard InChI is InChI=1S/C28H31N3O8S/c32-28(38-20-5-8-27-23(17-20)22-3-1-2-4-26(22)39-27)19-9-11-29(12-10-19)24-7-6-21(18-25(24)31(33)34)40(35,36)30-13-15-37-16-14-30/h5-8,17-19H,1-4,9-16H2. The van der Waals surface area contributed by atoms with Crippen LogP contribution in [-0.4, -0.2) is 63.0 Å². The van der Waals surface area contributed by atoms with E-state index in [-0.39, 0.29) is 48.8 Å². The predicted octanol–water partition coefficient (Wildman–Crippen LogP) is 4.06. The molecule has 3 heterocycles. The number of sulfonamides is 1. The molecule has 212 valence electrons. The predicted molar refractivity (Wildman–Crippen MR) is 146 cm³/mol. The van der Waals surface area contributed by atoms with Crippen LogP contribution in [-0.2, 0) is 32.4 Å². The summed E-state index contributed by atoms with van der Waals surface area (Å²) in [4.78, 5) is 26.1. The molecule has 12 heteroatoms. The largest absolute Gasteiger partial charge is 0.461 e. The number of carbonyl (C=O) groups is 1. The van der Waals surface area contributed by atoms with Crippen molar-refractivity contribution in [3.63, 3.8) is 0 Å². The number of carbonyl (C=O) groups excluding carboxylic acids is 1. The lowest BCUT2D eigenvalue weighted by Crippen LogP contribution is -2.40. The highest BCUT2D eigenvalue weighted by molar-refractivity contribution is 7.89. The Kier molecular flexibility index (Phi) is 7.24. The van der Waals surface area contributed by atoms with Crippen molar-refractivity contribution in [1.29, 1.82) is 0 Å². The zero-order chi connectivity index (χ0) is 27.9. The van der Waals surface area contributed by atoms with E-state index in [4.69, 9.17) is 13.9 Å². The number of benzene rings is 2. The Bertz CT molecular complexity index is 1550. The normalized spacial score (nSPS) is 18.9. The van der Waals surface area contributed by atoms with Gasteiger partial charge in [-0.25, -0.2) is 8.42 Å². The maximum atomic E-state index is 13.0. The molecule has 0 unspecified atom stereocenters. The van der Waals surface area contributed by atoms with Crippen molar-refractivity contribution in [1.82, 2.24) is 4.31 Å². The van der Waals surface area contributed by atoms with Crippen LogP contribution in [0.1, 0.15) is 37.0 Å². The summed E-state index contributed by atoms with van der Waals surface area (Å²) in [6, 6.07) is 9.52. The lowest BCUT2D eigenvalue weighted by Gasteiger charge is -2.32. The van der Waals surface area contributed by atoms with E-state index in [9.17, 15) is 23.3 Å². The fourth-order valence-corrected chi connectivity index (χ4v) is 7.30. The van der Waals surface area contributed by atoms with E-state index in [0.717, 1.165) is 48.5 Å². The molecule has 11 nitrogen and oxygen atoms in total. The Balaban J connectivity index is 1.13. The van der Waals surface area contributed by atoms with Gasteiger partial charge in [0.25, 0.3) is 5.69 Å². The molecule has 1 aromatic heterocycles. The second-order valence-electron chi connectivity index (χ2n) is 10.5. The second-order valence-corrected chi connectivity index (χ2v) is 12.4. The van der Waals surface area contributed by atoms with Gasteiger partial charge in [-0.15, -0.1) is 0 Å². The number of ether oxygens (including phenoxy) is 2. The Morgan fingerprint density at radius 3 is 2.50 bits per heavy atom. The fourth-order valence-electron chi connectivity index (χ4n) is 5.87. The first-order valence-corrected chi connectivity index (χ1v) is 15.1. The van der Waals surface area contributed by atoms with Crippen molar-refractivity contribution >= 4 is 38.3 Å². The van der Waals surface area contributed by atoms with E-state index in [2.05, 4.69) is 0 Å². The molecule has 2 aliphatic heterocycles. The summed E-state index contributed by atoms with van der Waals surface area (Å²) in [6.07, 6.45) is 5.07. The SMILES string of the molecule is O=C(Oc1ccc2oc3c(c2c1)CCCC3)C1CCN(c2ccc(S(=O)(=O)N3CCOCC3)cc2[N+](=O)[O-])CC1. The molecule has 2 fully saturated rings. The quantitative estimate of drug-likeness (QED) is 0.186. The Hall–Kier alpha value is -3.48. The van der Waals surface area contributed by atoms with E-state index in [1.807, 2.05) is 17.0 Å². The van der Waals surface area contributed by atoms with Crippen molar-refractivity contribution in [3.8, 4) is 5.75 Å². The minimum absolute atomic E-state index is 0.112. The van der Waals surface area contributed by atoms with Crippen molar-refractivity contribution in [2.75, 3.05) is 44.3 Å². The third-order valence-electron chi connectivity index (χ3n) is 8.07. The Morgan fingerprint density at radius 1 is 1.00 bits per heavy atom. The average Bonchev–Trinajstić information content (AvgIpc) is 3.35. The summed E-state index contributed by atoms with van der Waals surface area (Å²) < 4.78 is 44.3. The highest BCUT2D eigenvalue weighted by Crippen LogP contribution is 2.36. The second kappa shape index (κ2) is 10.8. The van der Waals surface area contributed by atoms with Gasteiger partial charge in [-0.1, -0.05) is 0 Å². The van der Waals surface area contributed by atoms with Gasteiger partial charge in [0.1, 0.15) is 22.8 Å². The number of esters is 1. The lowest BCUT2D eigenvalue weighted by molar-refractivity contribution is -0.384. The molecule has 40 heavy (non-hydrogen) atoms. The van der Waals surface area contributed by atoms with Gasteiger partial charge < -0.3 is 18.8 Å². The van der Waals surface area contributed by atoms with E-state index in [1.54, 1.807) is 6.07 Å². The molecule has 2 saturated heterocycles. The molecule has 0 saturated carbocycles. The smallest absolute Gasteiger partial charge is 0.314 e. The first-order valence-electron chi connectivity index (χ1n) is 13.7. The molecule has 3 aliphatic rings. The highest BCUT2D eigenvalue weighted by Gasteiger charge is 2.33. The van der Waals surface area contributed by atoms with E-state index in [1.165, 1.54) is 22.0 Å². The molecule has 3 aromatic rings. The van der Waals surface area contributed by atoms with Crippen molar-refractivity contribution in [3.05, 3.63) is 57.8 Å². The molecule has 0 radical (unpaired) electrons. The summed E-state index contributed by atoms with van der Waals surface area (Å²) in [5, 5.41) is 12.9. The minimum Gasteiger partial charge on any atom is -0.461 e. The van der Waals surface area contributed by atoms with E-state index >= 15 is 0 Å². The summed E-state index contributed by atoms with van der Waals surface area (Å²) in [7, 11) is -3.87. The van der Waals surface area contributed by atoms with Crippen LogP contribution in [0.2, 0.25) is 0 Å². The molecule has 2 aromatic carbocycles. The van der Waals surface area contributed by atoms with Crippen LogP contribution >= 0.6 is 0 Å². The zero-order valence-electron chi connectivity index (χ0n) is 22.0. The van der Waals surface area contributed by atoms with Gasteiger partial charge in [0, 0.05) is 49.6 Å². The molecule has 0 N–H and O–H groups in total. The number of aryl methyl sites for hydroxylation is 2. The Morgan fingerprint density at radius 2 is 1.75 bits per heavy atom. The molecule has 0 amide bonds. The number of nitro groups is 1. The molecule has 6 rings (SSSR count). The number of fused-ring (bicyclic) bond motifs is 3. The highest BCUT2D eigenvalue weighted by atomic mass is 32.2. The van der Waals surface area contributed by atoms with Crippen LogP contribution < -0.4 is 9.64 Å². The summed E-state index contributed by atoms with van der Waals surface area (Å²) in [5.74, 6) is 0.850. The van der Waals surface area contributed by atoms with Gasteiger partial charge in [0.2, 0.25) is 10.0 Å². The van der Waals surface area contributed by atoms with Crippen LogP contribution in [0.15, 0.2) is 45.7 Å². The number of piperidine rings is 1. The summed E-state index contributed by atoms with van der Waals surface area (Å²) in [5.41, 5.74) is 2.09. The topological polar surface area (TPSA) is 132 Å². The number of nitrogens with zero attached hydrogens (tertiary/aromatic N) is 3. The number of hydrogen-bond acceptors (Lipinski definition) is 9. The van der Waals surface area contributed by atoms with Gasteiger partial charge in [0.05, 0.1) is 29.0 Å². The van der Waals surface area contributed by atoms with Crippen LogP contribution in [0, 0.1) is 16.0 Å². The number of furan rings is 1. The third kappa shape index (κ3) is 5.06. The number of rotatable bonds is 6. The van der Waals surface area contributed by atoms with Gasteiger partial charge in [-0.2, -0.15) is 4.31 Å². The van der Waals surface area contributed by atoms with Gasteiger partial charge in [-0.05, 0) is 62.4 Å².